The zero-order valence-corrected chi connectivity index (χ0v) is 18.8. The van der Waals surface area contributed by atoms with Gasteiger partial charge in [-0.25, -0.2) is 0 Å². The minimum atomic E-state index is 0.0584. The lowest BCUT2D eigenvalue weighted by molar-refractivity contribution is 0.102. The third-order valence-electron chi connectivity index (χ3n) is 5.17. The Morgan fingerprint density at radius 1 is 1.16 bits per heavy atom. The SMILES string of the molecule is CCn1c(SCC(=O)c2cc(C)n(-c3ccc(OC)cc3)c2C)nnc1-c1ccco1. The average Bonchev–Trinajstić information content (AvgIpc) is 3.51. The summed E-state index contributed by atoms with van der Waals surface area (Å²) in [7, 11) is 1.65. The van der Waals surface area contributed by atoms with E-state index in [1.54, 1.807) is 13.4 Å². The summed E-state index contributed by atoms with van der Waals surface area (Å²) in [6.45, 7) is 6.68. The molecule has 160 valence electrons. The van der Waals surface area contributed by atoms with Crippen LogP contribution in [0, 0.1) is 13.8 Å². The Morgan fingerprint density at radius 2 is 1.94 bits per heavy atom. The van der Waals surface area contributed by atoms with Crippen LogP contribution in [0.1, 0.15) is 28.7 Å². The Hall–Kier alpha value is -3.26. The van der Waals surface area contributed by atoms with Crippen LogP contribution < -0.4 is 4.74 Å². The van der Waals surface area contributed by atoms with Gasteiger partial charge in [0, 0.05) is 29.2 Å². The molecule has 0 bridgehead atoms. The molecule has 0 aliphatic rings. The van der Waals surface area contributed by atoms with E-state index < -0.39 is 0 Å². The van der Waals surface area contributed by atoms with E-state index in [0.717, 1.165) is 28.4 Å². The van der Waals surface area contributed by atoms with Gasteiger partial charge in [-0.3, -0.25) is 9.36 Å². The molecule has 0 amide bonds. The number of carbonyl (C=O) groups excluding carboxylic acids is 1. The summed E-state index contributed by atoms with van der Waals surface area (Å²) in [5.74, 6) is 2.47. The first-order chi connectivity index (χ1) is 15.0. The zero-order chi connectivity index (χ0) is 22.0. The minimum Gasteiger partial charge on any atom is -0.497 e. The molecule has 0 saturated heterocycles. The molecule has 0 N–H and O–H groups in total. The molecule has 31 heavy (non-hydrogen) atoms. The second-order valence-corrected chi connectivity index (χ2v) is 8.00. The van der Waals surface area contributed by atoms with Gasteiger partial charge >= 0.3 is 0 Å². The fourth-order valence-corrected chi connectivity index (χ4v) is 4.54. The van der Waals surface area contributed by atoms with Crippen LogP contribution in [0.4, 0.5) is 0 Å². The van der Waals surface area contributed by atoms with Gasteiger partial charge in [0.2, 0.25) is 0 Å². The van der Waals surface area contributed by atoms with E-state index in [0.29, 0.717) is 23.3 Å². The second-order valence-electron chi connectivity index (χ2n) is 7.06. The summed E-state index contributed by atoms with van der Waals surface area (Å²) in [6, 6.07) is 13.4. The van der Waals surface area contributed by atoms with Gasteiger partial charge in [-0.15, -0.1) is 10.2 Å². The molecule has 8 heteroatoms. The summed E-state index contributed by atoms with van der Waals surface area (Å²) >= 11 is 1.39. The Morgan fingerprint density at radius 3 is 2.58 bits per heavy atom. The quantitative estimate of drug-likeness (QED) is 0.287. The van der Waals surface area contributed by atoms with Crippen molar-refractivity contribution in [1.82, 2.24) is 19.3 Å². The third kappa shape index (κ3) is 4.03. The van der Waals surface area contributed by atoms with E-state index in [1.165, 1.54) is 11.8 Å². The summed E-state index contributed by atoms with van der Waals surface area (Å²) in [5.41, 5.74) is 3.64. The molecule has 3 heterocycles. The van der Waals surface area contributed by atoms with E-state index in [-0.39, 0.29) is 11.5 Å². The van der Waals surface area contributed by atoms with Gasteiger partial charge in [0.15, 0.2) is 22.5 Å². The Balaban J connectivity index is 1.53. The van der Waals surface area contributed by atoms with Crippen LogP contribution in [-0.4, -0.2) is 38.0 Å². The van der Waals surface area contributed by atoms with Crippen LogP contribution in [0.5, 0.6) is 5.75 Å². The first kappa shape index (κ1) is 21.0. The number of ether oxygens (including phenoxy) is 1. The number of ketones is 1. The molecule has 0 fully saturated rings. The number of furan rings is 1. The lowest BCUT2D eigenvalue weighted by atomic mass is 10.2. The fourth-order valence-electron chi connectivity index (χ4n) is 3.65. The predicted molar refractivity (Wildman–Crippen MR) is 120 cm³/mol. The minimum absolute atomic E-state index is 0.0584. The van der Waals surface area contributed by atoms with Crippen molar-refractivity contribution < 1.29 is 13.9 Å². The maximum atomic E-state index is 13.0. The number of nitrogens with zero attached hydrogens (tertiary/aromatic N) is 4. The van der Waals surface area contributed by atoms with Gasteiger partial charge in [0.25, 0.3) is 0 Å². The second kappa shape index (κ2) is 8.85. The van der Waals surface area contributed by atoms with Gasteiger partial charge < -0.3 is 13.7 Å². The van der Waals surface area contributed by atoms with Crippen LogP contribution >= 0.6 is 11.8 Å². The summed E-state index contributed by atoms with van der Waals surface area (Å²) in [4.78, 5) is 13.0. The maximum Gasteiger partial charge on any atom is 0.200 e. The highest BCUT2D eigenvalue weighted by molar-refractivity contribution is 7.99. The number of methoxy groups -OCH3 is 1. The van der Waals surface area contributed by atoms with Gasteiger partial charge in [-0.1, -0.05) is 11.8 Å². The third-order valence-corrected chi connectivity index (χ3v) is 6.14. The lowest BCUT2D eigenvalue weighted by Crippen LogP contribution is -2.07. The van der Waals surface area contributed by atoms with E-state index in [1.807, 2.05) is 67.8 Å². The van der Waals surface area contributed by atoms with Crippen LogP contribution in [-0.2, 0) is 6.54 Å². The van der Waals surface area contributed by atoms with Gasteiger partial charge in [0.05, 0.1) is 19.1 Å². The molecule has 0 atom stereocenters. The molecule has 0 saturated carbocycles. The van der Waals surface area contributed by atoms with Crippen LogP contribution in [0.15, 0.2) is 58.3 Å². The van der Waals surface area contributed by atoms with Gasteiger partial charge in [-0.2, -0.15) is 0 Å². The van der Waals surface area contributed by atoms with Crippen molar-refractivity contribution in [3.8, 4) is 23.0 Å². The van der Waals surface area contributed by atoms with Crippen molar-refractivity contribution in [3.63, 3.8) is 0 Å². The van der Waals surface area contributed by atoms with Crippen LogP contribution in [0.3, 0.4) is 0 Å². The molecule has 0 unspecified atom stereocenters. The van der Waals surface area contributed by atoms with E-state index in [2.05, 4.69) is 14.8 Å². The highest BCUT2D eigenvalue weighted by Crippen LogP contribution is 2.27. The number of carbonyl (C=O) groups is 1. The Kier molecular flexibility index (Phi) is 5.99. The number of aromatic nitrogens is 4. The van der Waals surface area contributed by atoms with Crippen molar-refractivity contribution in [2.24, 2.45) is 0 Å². The van der Waals surface area contributed by atoms with Gasteiger partial charge in [-0.05, 0) is 63.2 Å². The number of hydrogen-bond acceptors (Lipinski definition) is 6. The Labute approximate surface area is 185 Å². The summed E-state index contributed by atoms with van der Waals surface area (Å²) in [6.07, 6.45) is 1.61. The first-order valence-corrected chi connectivity index (χ1v) is 11.0. The zero-order valence-electron chi connectivity index (χ0n) is 18.0. The Bertz CT molecular complexity index is 1190. The largest absolute Gasteiger partial charge is 0.497 e. The molecule has 0 spiro atoms. The molecular formula is C23H24N4O3S. The van der Waals surface area contributed by atoms with Crippen LogP contribution in [0.2, 0.25) is 0 Å². The van der Waals surface area contributed by atoms with E-state index in [9.17, 15) is 4.79 Å². The predicted octanol–water partition coefficient (Wildman–Crippen LogP) is 4.95. The van der Waals surface area contributed by atoms with Crippen LogP contribution in [0.25, 0.3) is 17.3 Å². The molecule has 3 aromatic heterocycles. The number of thioether (sulfide) groups is 1. The van der Waals surface area contributed by atoms with Crippen molar-refractivity contribution in [3.05, 3.63) is 65.7 Å². The summed E-state index contributed by atoms with van der Waals surface area (Å²) in [5, 5.41) is 9.21. The first-order valence-electron chi connectivity index (χ1n) is 10.00. The molecule has 4 rings (SSSR count). The number of benzene rings is 1. The molecular weight excluding hydrogens is 412 g/mol. The molecule has 4 aromatic rings. The average molecular weight is 437 g/mol. The normalized spacial score (nSPS) is 11.1. The number of Topliss-reactive ketones (excluding diaryl/α,β-unsaturated/α-hetero) is 1. The van der Waals surface area contributed by atoms with Crippen molar-refractivity contribution in [1.29, 1.82) is 0 Å². The molecule has 0 aliphatic carbocycles. The van der Waals surface area contributed by atoms with Crippen molar-refractivity contribution in [2.75, 3.05) is 12.9 Å². The van der Waals surface area contributed by atoms with E-state index in [4.69, 9.17) is 9.15 Å². The molecule has 0 radical (unpaired) electrons. The standard InChI is InChI=1S/C23H24N4O3S/c1-5-26-22(21-7-6-12-30-21)24-25-23(26)31-14-20(28)19-13-15(2)27(16(19)3)17-8-10-18(29-4)11-9-17/h6-13H,5,14H2,1-4H3. The van der Waals surface area contributed by atoms with Crippen molar-refractivity contribution >= 4 is 17.5 Å². The molecule has 0 aliphatic heterocycles. The maximum absolute atomic E-state index is 13.0. The number of hydrogen-bond donors (Lipinski definition) is 0. The number of aryl methyl sites for hydroxylation is 1. The van der Waals surface area contributed by atoms with E-state index >= 15 is 0 Å². The molecule has 7 nitrogen and oxygen atoms in total. The monoisotopic (exact) mass is 436 g/mol. The lowest BCUT2D eigenvalue weighted by Gasteiger charge is -2.10. The van der Waals surface area contributed by atoms with Gasteiger partial charge in [0.1, 0.15) is 5.75 Å². The fraction of sp³-hybridized carbons (Fsp3) is 0.261. The molecule has 1 aromatic carbocycles. The van der Waals surface area contributed by atoms with Crippen molar-refractivity contribution in [2.45, 2.75) is 32.5 Å². The number of rotatable bonds is 8. The summed E-state index contributed by atoms with van der Waals surface area (Å²) < 4.78 is 14.7. The topological polar surface area (TPSA) is 75.1 Å². The smallest absolute Gasteiger partial charge is 0.200 e. The highest BCUT2D eigenvalue weighted by atomic mass is 32.2. The highest BCUT2D eigenvalue weighted by Gasteiger charge is 2.20.